The van der Waals surface area contributed by atoms with E-state index in [1.165, 1.54) is 25.5 Å². The number of halogens is 3. The zero-order valence-electron chi connectivity index (χ0n) is 14.1. The van der Waals surface area contributed by atoms with E-state index < -0.39 is 17.6 Å². The Morgan fingerprint density at radius 1 is 1.25 bits per heavy atom. The molecule has 0 spiro atoms. The van der Waals surface area contributed by atoms with E-state index in [2.05, 4.69) is 31.2 Å². The number of esters is 1. The summed E-state index contributed by atoms with van der Waals surface area (Å²) in [6.07, 6.45) is 1.44. The molecular formula is C16H11ClF2N6O3. The maximum absolute atomic E-state index is 13.4. The fraction of sp³-hybridized carbons (Fsp3) is 0.0625. The van der Waals surface area contributed by atoms with Gasteiger partial charge >= 0.3 is 5.97 Å². The average Bonchev–Trinajstić information content (AvgIpc) is 3.19. The fourth-order valence-corrected chi connectivity index (χ4v) is 2.28. The van der Waals surface area contributed by atoms with Crippen LogP contribution in [0.5, 0.6) is 11.5 Å². The van der Waals surface area contributed by atoms with Crippen LogP contribution >= 0.6 is 11.6 Å². The molecule has 1 aromatic heterocycles. The number of nitrogens with one attached hydrogen (secondary N) is 2. The minimum Gasteiger partial charge on any atom is -0.493 e. The molecule has 0 saturated heterocycles. The summed E-state index contributed by atoms with van der Waals surface area (Å²) < 4.78 is 36.9. The lowest BCUT2D eigenvalue weighted by Gasteiger charge is -2.11. The van der Waals surface area contributed by atoms with Crippen LogP contribution in [0.4, 0.5) is 14.7 Å². The van der Waals surface area contributed by atoms with Gasteiger partial charge in [0.05, 0.1) is 23.9 Å². The van der Waals surface area contributed by atoms with E-state index >= 15 is 0 Å². The zero-order chi connectivity index (χ0) is 20.1. The van der Waals surface area contributed by atoms with Crippen LogP contribution in [0.15, 0.2) is 35.4 Å². The number of tetrazole rings is 1. The molecule has 0 amide bonds. The van der Waals surface area contributed by atoms with E-state index in [1.807, 2.05) is 0 Å². The van der Waals surface area contributed by atoms with E-state index in [0.29, 0.717) is 17.7 Å². The Hall–Kier alpha value is -3.60. The number of hydrogen-bond acceptors (Lipinski definition) is 8. The second kappa shape index (κ2) is 8.39. The Balaban J connectivity index is 1.76. The molecule has 0 aliphatic rings. The second-order valence-corrected chi connectivity index (χ2v) is 5.56. The van der Waals surface area contributed by atoms with Crippen molar-refractivity contribution in [3.05, 3.63) is 58.1 Å². The van der Waals surface area contributed by atoms with Crippen molar-refractivity contribution in [2.45, 2.75) is 0 Å². The van der Waals surface area contributed by atoms with Gasteiger partial charge in [0.2, 0.25) is 0 Å². The molecule has 9 nitrogen and oxygen atoms in total. The minimum atomic E-state index is -1.22. The fourth-order valence-electron chi connectivity index (χ4n) is 2.06. The molecular weight excluding hydrogens is 398 g/mol. The summed E-state index contributed by atoms with van der Waals surface area (Å²) in [7, 11) is 1.37. The van der Waals surface area contributed by atoms with Crippen molar-refractivity contribution >= 4 is 29.7 Å². The zero-order valence-corrected chi connectivity index (χ0v) is 14.9. The number of nitrogens with zero attached hydrogens (tertiary/aromatic N) is 4. The third-order valence-electron chi connectivity index (χ3n) is 3.34. The summed E-state index contributed by atoms with van der Waals surface area (Å²) in [5.41, 5.74) is 2.82. The van der Waals surface area contributed by atoms with E-state index in [4.69, 9.17) is 21.1 Å². The summed E-state index contributed by atoms with van der Waals surface area (Å²) in [4.78, 5) is 12.2. The SMILES string of the molecule is COc1cc(/C=N/Nc2nn[nH]n2)ccc1OC(=O)c1cc(F)c(F)cc1Cl. The molecule has 0 unspecified atom stereocenters. The number of H-pyrrole nitrogens is 1. The van der Waals surface area contributed by atoms with E-state index in [0.717, 1.165) is 0 Å². The highest BCUT2D eigenvalue weighted by Crippen LogP contribution is 2.29. The molecule has 2 N–H and O–H groups in total. The number of methoxy groups -OCH3 is 1. The molecule has 28 heavy (non-hydrogen) atoms. The molecule has 0 atom stereocenters. The van der Waals surface area contributed by atoms with Gasteiger partial charge < -0.3 is 9.47 Å². The predicted octanol–water partition coefficient (Wildman–Crippen LogP) is 2.81. The first-order valence-electron chi connectivity index (χ1n) is 7.55. The maximum atomic E-state index is 13.4. The molecule has 12 heteroatoms. The highest BCUT2D eigenvalue weighted by atomic mass is 35.5. The molecule has 0 bridgehead atoms. The van der Waals surface area contributed by atoms with Gasteiger partial charge in [0.15, 0.2) is 23.1 Å². The number of hydrazone groups is 1. The molecule has 0 aliphatic heterocycles. The summed E-state index contributed by atoms with van der Waals surface area (Å²) >= 11 is 5.78. The molecule has 144 valence electrons. The number of carbonyl (C=O) groups is 1. The number of rotatable bonds is 6. The lowest BCUT2D eigenvalue weighted by molar-refractivity contribution is 0.0729. The predicted molar refractivity (Wildman–Crippen MR) is 94.7 cm³/mol. The summed E-state index contributed by atoms with van der Waals surface area (Å²) in [6.45, 7) is 0. The van der Waals surface area contributed by atoms with Gasteiger partial charge in [-0.05, 0) is 41.1 Å². The first-order chi connectivity index (χ1) is 13.5. The molecule has 0 aliphatic carbocycles. The highest BCUT2D eigenvalue weighted by Gasteiger charge is 2.18. The van der Waals surface area contributed by atoms with Gasteiger partial charge in [-0.3, -0.25) is 0 Å². The Morgan fingerprint density at radius 2 is 2.04 bits per heavy atom. The van der Waals surface area contributed by atoms with Crippen LogP contribution in [0.25, 0.3) is 0 Å². The highest BCUT2D eigenvalue weighted by molar-refractivity contribution is 6.33. The van der Waals surface area contributed by atoms with Crippen molar-refractivity contribution in [1.82, 2.24) is 20.6 Å². The van der Waals surface area contributed by atoms with Gasteiger partial charge in [-0.25, -0.2) is 19.0 Å². The monoisotopic (exact) mass is 408 g/mol. The van der Waals surface area contributed by atoms with Crippen LogP contribution in [-0.4, -0.2) is 39.9 Å². The van der Waals surface area contributed by atoms with Gasteiger partial charge in [0.25, 0.3) is 5.95 Å². The van der Waals surface area contributed by atoms with Crippen molar-refractivity contribution in [2.24, 2.45) is 5.10 Å². The number of anilines is 1. The lowest BCUT2D eigenvalue weighted by Crippen LogP contribution is -2.11. The number of aromatic amines is 1. The first-order valence-corrected chi connectivity index (χ1v) is 7.93. The van der Waals surface area contributed by atoms with Crippen molar-refractivity contribution in [2.75, 3.05) is 12.5 Å². The van der Waals surface area contributed by atoms with Crippen molar-refractivity contribution < 1.29 is 23.0 Å². The molecule has 0 fully saturated rings. The third-order valence-corrected chi connectivity index (χ3v) is 3.66. The van der Waals surface area contributed by atoms with Gasteiger partial charge in [-0.1, -0.05) is 16.7 Å². The standard InChI is InChI=1S/C16H11ClF2N6O3/c1-27-14-4-8(7-20-21-16-22-24-25-23-16)2-3-13(14)28-15(26)9-5-11(18)12(19)6-10(9)17/h2-7H,1H3,(H2,21,22,23,24,25)/b20-7+. The van der Waals surface area contributed by atoms with E-state index in [1.54, 1.807) is 6.07 Å². The third kappa shape index (κ3) is 4.38. The van der Waals surface area contributed by atoms with Crippen molar-refractivity contribution in [1.29, 1.82) is 0 Å². The van der Waals surface area contributed by atoms with Crippen LogP contribution in [0.1, 0.15) is 15.9 Å². The molecule has 3 aromatic rings. The molecule has 0 saturated carbocycles. The number of carbonyl (C=O) groups excluding carboxylic acids is 1. The molecule has 2 aromatic carbocycles. The Bertz CT molecular complexity index is 1030. The Kier molecular flexibility index (Phi) is 5.75. The summed E-state index contributed by atoms with van der Waals surface area (Å²) in [6, 6.07) is 5.93. The quantitative estimate of drug-likeness (QED) is 0.212. The lowest BCUT2D eigenvalue weighted by atomic mass is 10.2. The second-order valence-electron chi connectivity index (χ2n) is 5.15. The van der Waals surface area contributed by atoms with Crippen LogP contribution in [-0.2, 0) is 0 Å². The summed E-state index contributed by atoms with van der Waals surface area (Å²) in [5.74, 6) is -2.92. The van der Waals surface area contributed by atoms with Crippen LogP contribution in [0.2, 0.25) is 5.02 Å². The maximum Gasteiger partial charge on any atom is 0.345 e. The normalized spacial score (nSPS) is 10.9. The topological polar surface area (TPSA) is 114 Å². The van der Waals surface area contributed by atoms with Gasteiger partial charge in [-0.2, -0.15) is 10.3 Å². The number of aromatic nitrogens is 4. The Labute approximate surface area is 161 Å². The summed E-state index contributed by atoms with van der Waals surface area (Å²) in [5, 5.41) is 16.6. The van der Waals surface area contributed by atoms with Gasteiger partial charge in [0.1, 0.15) is 0 Å². The van der Waals surface area contributed by atoms with E-state index in [9.17, 15) is 13.6 Å². The molecule has 3 rings (SSSR count). The van der Waals surface area contributed by atoms with Crippen LogP contribution in [0.3, 0.4) is 0 Å². The minimum absolute atomic E-state index is 0.0524. The van der Waals surface area contributed by atoms with Gasteiger partial charge in [-0.15, -0.1) is 5.10 Å². The van der Waals surface area contributed by atoms with Crippen LogP contribution < -0.4 is 14.9 Å². The van der Waals surface area contributed by atoms with Crippen molar-refractivity contribution in [3.63, 3.8) is 0 Å². The molecule has 1 heterocycles. The largest absolute Gasteiger partial charge is 0.493 e. The van der Waals surface area contributed by atoms with Gasteiger partial charge in [0, 0.05) is 0 Å². The molecule has 0 radical (unpaired) electrons. The van der Waals surface area contributed by atoms with Crippen LogP contribution in [0, 0.1) is 11.6 Å². The average molecular weight is 409 g/mol. The van der Waals surface area contributed by atoms with Crippen molar-refractivity contribution in [3.8, 4) is 11.5 Å². The Morgan fingerprint density at radius 3 is 2.75 bits per heavy atom. The smallest absolute Gasteiger partial charge is 0.345 e. The number of hydrogen-bond donors (Lipinski definition) is 2. The first kappa shape index (κ1) is 19.2. The van der Waals surface area contributed by atoms with E-state index in [-0.39, 0.29) is 28.0 Å². The number of ether oxygens (including phenoxy) is 2. The number of benzene rings is 2.